The quantitative estimate of drug-likeness (QED) is 0.879. The molecule has 0 bridgehead atoms. The fourth-order valence-corrected chi connectivity index (χ4v) is 3.72. The summed E-state index contributed by atoms with van der Waals surface area (Å²) >= 11 is 1.81. The lowest BCUT2D eigenvalue weighted by Gasteiger charge is -2.37. The highest BCUT2D eigenvalue weighted by Gasteiger charge is 2.35. The molecule has 3 N–H and O–H groups in total. The molecule has 1 aliphatic rings. The molecule has 100 valence electrons. The molecule has 1 aromatic rings. The molecule has 4 heteroatoms. The summed E-state index contributed by atoms with van der Waals surface area (Å²) in [6.07, 6.45) is 6.17. The van der Waals surface area contributed by atoms with Crippen molar-refractivity contribution >= 4 is 17.2 Å². The maximum atomic E-state index is 11.7. The van der Waals surface area contributed by atoms with E-state index in [-0.39, 0.29) is 11.3 Å². The minimum atomic E-state index is -0.422. The minimum absolute atomic E-state index is 0.0449. The molecule has 1 saturated carbocycles. The Hall–Kier alpha value is -0.870. The number of thiophene rings is 1. The van der Waals surface area contributed by atoms with Crippen LogP contribution in [0.1, 0.15) is 43.9 Å². The fraction of sp³-hybridized carbons (Fsp3) is 0.643. The molecular weight excluding hydrogens is 244 g/mol. The zero-order chi connectivity index (χ0) is 13.0. The van der Waals surface area contributed by atoms with Gasteiger partial charge in [0, 0.05) is 16.8 Å². The molecule has 1 aliphatic carbocycles. The molecule has 18 heavy (non-hydrogen) atoms. The van der Waals surface area contributed by atoms with Crippen molar-refractivity contribution in [1.82, 2.24) is 5.32 Å². The summed E-state index contributed by atoms with van der Waals surface area (Å²) in [5.74, 6) is -0.0449. The summed E-state index contributed by atoms with van der Waals surface area (Å²) < 4.78 is 0. The van der Waals surface area contributed by atoms with Gasteiger partial charge in [0.05, 0.1) is 6.04 Å². The van der Waals surface area contributed by atoms with E-state index in [2.05, 4.69) is 22.8 Å². The van der Waals surface area contributed by atoms with Crippen molar-refractivity contribution in [3.8, 4) is 0 Å². The molecule has 3 nitrogen and oxygen atoms in total. The Balaban J connectivity index is 2.08. The van der Waals surface area contributed by atoms with Gasteiger partial charge in [-0.2, -0.15) is 0 Å². The van der Waals surface area contributed by atoms with E-state index in [4.69, 9.17) is 5.73 Å². The number of carbonyl (C=O) groups is 1. The van der Waals surface area contributed by atoms with E-state index in [1.807, 2.05) is 0 Å². The average molecular weight is 266 g/mol. The molecule has 0 aromatic carbocycles. The first-order valence-corrected chi connectivity index (χ1v) is 7.59. The molecule has 1 atom stereocenters. The van der Waals surface area contributed by atoms with Crippen LogP contribution in [0.4, 0.5) is 0 Å². The highest BCUT2D eigenvalue weighted by Crippen LogP contribution is 2.41. The van der Waals surface area contributed by atoms with Crippen molar-refractivity contribution in [2.24, 2.45) is 5.73 Å². The van der Waals surface area contributed by atoms with Crippen molar-refractivity contribution < 1.29 is 4.79 Å². The predicted octanol–water partition coefficient (Wildman–Crippen LogP) is 2.41. The molecule has 0 radical (unpaired) electrons. The van der Waals surface area contributed by atoms with E-state index in [0.717, 1.165) is 6.54 Å². The van der Waals surface area contributed by atoms with Gasteiger partial charge in [0.1, 0.15) is 0 Å². The number of hydrogen-bond acceptors (Lipinski definition) is 3. The van der Waals surface area contributed by atoms with Gasteiger partial charge in [0.15, 0.2) is 0 Å². The Morgan fingerprint density at radius 2 is 2.22 bits per heavy atom. The van der Waals surface area contributed by atoms with Gasteiger partial charge < -0.3 is 11.1 Å². The molecule has 1 amide bonds. The third kappa shape index (κ3) is 2.93. The molecule has 1 heterocycles. The number of amides is 1. The number of nitrogens with one attached hydrogen (secondary N) is 1. The smallest absolute Gasteiger partial charge is 0.236 e. The van der Waals surface area contributed by atoms with Crippen molar-refractivity contribution in [2.45, 2.75) is 50.5 Å². The van der Waals surface area contributed by atoms with Gasteiger partial charge in [-0.1, -0.05) is 25.3 Å². The molecule has 1 fully saturated rings. The first-order valence-electron chi connectivity index (χ1n) is 6.71. The van der Waals surface area contributed by atoms with Gasteiger partial charge in [0.2, 0.25) is 5.91 Å². The van der Waals surface area contributed by atoms with Crippen LogP contribution in [0.3, 0.4) is 0 Å². The standard InChI is InChI=1S/C14H22N2OS/c1-11(15)13(17)16-10-14(7-3-2-4-8-14)12-6-5-9-18-12/h5-6,9,11H,2-4,7-8,10,15H2,1H3,(H,16,17)/t11-/m0/s1. The van der Waals surface area contributed by atoms with E-state index in [9.17, 15) is 4.79 Å². The van der Waals surface area contributed by atoms with E-state index < -0.39 is 6.04 Å². The van der Waals surface area contributed by atoms with Gasteiger partial charge in [-0.3, -0.25) is 4.79 Å². The number of nitrogens with two attached hydrogens (primary N) is 1. The summed E-state index contributed by atoms with van der Waals surface area (Å²) in [7, 11) is 0. The molecule has 2 rings (SSSR count). The summed E-state index contributed by atoms with van der Waals surface area (Å²) in [4.78, 5) is 13.1. The van der Waals surface area contributed by atoms with Gasteiger partial charge >= 0.3 is 0 Å². The molecule has 1 aromatic heterocycles. The Kier molecular flexibility index (Phi) is 4.40. The first-order chi connectivity index (χ1) is 8.64. The molecule has 0 aliphatic heterocycles. The summed E-state index contributed by atoms with van der Waals surface area (Å²) in [5.41, 5.74) is 5.75. The van der Waals surface area contributed by atoms with Gasteiger partial charge in [-0.15, -0.1) is 11.3 Å². The second-order valence-corrected chi connectivity index (χ2v) is 6.27. The lowest BCUT2D eigenvalue weighted by Crippen LogP contribution is -2.46. The molecule has 0 spiro atoms. The highest BCUT2D eigenvalue weighted by molar-refractivity contribution is 7.10. The van der Waals surface area contributed by atoms with Gasteiger partial charge in [-0.25, -0.2) is 0 Å². The Morgan fingerprint density at radius 1 is 1.50 bits per heavy atom. The minimum Gasteiger partial charge on any atom is -0.354 e. The number of carbonyl (C=O) groups excluding carboxylic acids is 1. The second kappa shape index (κ2) is 5.85. The molecule has 0 saturated heterocycles. The van der Waals surface area contributed by atoms with Gasteiger partial charge in [0.25, 0.3) is 0 Å². The average Bonchev–Trinajstić information content (AvgIpc) is 2.91. The Labute approximate surface area is 113 Å². The summed E-state index contributed by atoms with van der Waals surface area (Å²) in [6.45, 7) is 2.46. The van der Waals surface area contributed by atoms with Crippen LogP contribution >= 0.6 is 11.3 Å². The van der Waals surface area contributed by atoms with E-state index in [1.165, 1.54) is 37.0 Å². The van der Waals surface area contributed by atoms with E-state index in [1.54, 1.807) is 18.3 Å². The van der Waals surface area contributed by atoms with Crippen LogP contribution in [0.2, 0.25) is 0 Å². The number of rotatable bonds is 4. The van der Waals surface area contributed by atoms with Crippen LogP contribution in [0.25, 0.3) is 0 Å². The zero-order valence-corrected chi connectivity index (χ0v) is 11.8. The second-order valence-electron chi connectivity index (χ2n) is 5.32. The first kappa shape index (κ1) is 13.6. The van der Waals surface area contributed by atoms with Crippen LogP contribution in [-0.4, -0.2) is 18.5 Å². The van der Waals surface area contributed by atoms with E-state index >= 15 is 0 Å². The van der Waals surface area contributed by atoms with E-state index in [0.29, 0.717) is 0 Å². The van der Waals surface area contributed by atoms with Crippen molar-refractivity contribution in [3.05, 3.63) is 22.4 Å². The SMILES string of the molecule is C[C@H](N)C(=O)NCC1(c2cccs2)CCCCC1. The largest absolute Gasteiger partial charge is 0.354 e. The maximum absolute atomic E-state index is 11.7. The van der Waals surface area contributed by atoms with Crippen molar-refractivity contribution in [1.29, 1.82) is 0 Å². The van der Waals surface area contributed by atoms with Gasteiger partial charge in [-0.05, 0) is 31.2 Å². The lowest BCUT2D eigenvalue weighted by atomic mass is 9.73. The summed E-state index contributed by atoms with van der Waals surface area (Å²) in [6, 6.07) is 3.88. The zero-order valence-electron chi connectivity index (χ0n) is 10.9. The maximum Gasteiger partial charge on any atom is 0.236 e. The van der Waals surface area contributed by atoms with Crippen LogP contribution in [0, 0.1) is 0 Å². The normalized spacial score (nSPS) is 20.3. The Morgan fingerprint density at radius 3 is 2.78 bits per heavy atom. The molecule has 0 unspecified atom stereocenters. The topological polar surface area (TPSA) is 55.1 Å². The van der Waals surface area contributed by atoms with Crippen LogP contribution in [-0.2, 0) is 10.2 Å². The van der Waals surface area contributed by atoms with Crippen LogP contribution < -0.4 is 11.1 Å². The van der Waals surface area contributed by atoms with Crippen molar-refractivity contribution in [3.63, 3.8) is 0 Å². The van der Waals surface area contributed by atoms with Crippen LogP contribution in [0.15, 0.2) is 17.5 Å². The highest BCUT2D eigenvalue weighted by atomic mass is 32.1. The predicted molar refractivity (Wildman–Crippen MR) is 75.7 cm³/mol. The number of hydrogen-bond donors (Lipinski definition) is 2. The summed E-state index contributed by atoms with van der Waals surface area (Å²) in [5, 5.41) is 5.15. The third-order valence-corrected chi connectivity index (χ3v) is 4.99. The lowest BCUT2D eigenvalue weighted by molar-refractivity contribution is -0.122. The molecular formula is C14H22N2OS. The third-order valence-electron chi connectivity index (χ3n) is 3.87. The van der Waals surface area contributed by atoms with Crippen molar-refractivity contribution in [2.75, 3.05) is 6.54 Å². The fourth-order valence-electron chi connectivity index (χ4n) is 2.74. The Bertz CT molecular complexity index is 381. The monoisotopic (exact) mass is 266 g/mol. The van der Waals surface area contributed by atoms with Crippen LogP contribution in [0.5, 0.6) is 0 Å².